The van der Waals surface area contributed by atoms with Crippen LogP contribution < -0.4 is 27.0 Å². The maximum atomic E-state index is 11.9. The third-order valence-corrected chi connectivity index (χ3v) is 9.42. The molecule has 0 bridgehead atoms. The number of aromatic amines is 1. The number of benzene rings is 1. The molecule has 4 aromatic rings. The van der Waals surface area contributed by atoms with E-state index >= 15 is 0 Å². The SMILES string of the molecule is CCc1[nH]c2nc(Sc3ccc4c(N5CC(N)C5)ncnc4c3)nc(N3C[C@@H]4[C@H](C3)C4(N)C(N)=O)c2c1Cl. The number of rotatable bonds is 6. The van der Waals surface area contributed by atoms with E-state index in [1.54, 1.807) is 6.33 Å². The van der Waals surface area contributed by atoms with E-state index in [9.17, 15) is 4.79 Å². The minimum absolute atomic E-state index is 0.0137. The smallest absolute Gasteiger partial charge is 0.238 e. The van der Waals surface area contributed by atoms with E-state index < -0.39 is 11.4 Å². The molecular formula is C25H27ClN10OS. The third-order valence-electron chi connectivity index (χ3n) is 8.15. The zero-order chi connectivity index (χ0) is 26.3. The number of aryl methyl sites for hydroxylation is 1. The number of H-pyrrole nitrogens is 1. The number of fused-ring (bicyclic) bond motifs is 3. The van der Waals surface area contributed by atoms with Crippen molar-refractivity contribution in [3.05, 3.63) is 35.2 Å². The molecule has 1 aromatic carbocycles. The van der Waals surface area contributed by atoms with Crippen molar-refractivity contribution in [2.75, 3.05) is 36.0 Å². The average molecular weight is 551 g/mol. The molecule has 196 valence electrons. The molecule has 1 amide bonds. The predicted octanol–water partition coefficient (Wildman–Crippen LogP) is 1.66. The number of primary amides is 1. The molecule has 7 N–H and O–H groups in total. The Morgan fingerprint density at radius 3 is 2.58 bits per heavy atom. The molecule has 1 saturated carbocycles. The zero-order valence-corrected chi connectivity index (χ0v) is 22.3. The number of nitrogens with zero attached hydrogens (tertiary/aromatic N) is 6. The molecule has 7 rings (SSSR count). The summed E-state index contributed by atoms with van der Waals surface area (Å²) < 4.78 is 0. The lowest BCUT2D eigenvalue weighted by molar-refractivity contribution is -0.120. The minimum atomic E-state index is -0.927. The zero-order valence-electron chi connectivity index (χ0n) is 20.7. The van der Waals surface area contributed by atoms with Gasteiger partial charge < -0.3 is 32.0 Å². The Balaban J connectivity index is 1.23. The number of aromatic nitrogens is 5. The quantitative estimate of drug-likeness (QED) is 0.259. The minimum Gasteiger partial charge on any atom is -0.368 e. The van der Waals surface area contributed by atoms with Crippen LogP contribution in [0, 0.1) is 11.8 Å². The number of carbonyl (C=O) groups excluding carboxylic acids is 1. The predicted molar refractivity (Wildman–Crippen MR) is 147 cm³/mol. The van der Waals surface area contributed by atoms with Gasteiger partial charge in [-0.1, -0.05) is 18.5 Å². The summed E-state index contributed by atoms with van der Waals surface area (Å²) in [5.74, 6) is 1.24. The maximum absolute atomic E-state index is 11.9. The first-order valence-electron chi connectivity index (χ1n) is 12.6. The number of piperidine rings is 1. The highest BCUT2D eigenvalue weighted by molar-refractivity contribution is 7.99. The van der Waals surface area contributed by atoms with Gasteiger partial charge in [0.25, 0.3) is 0 Å². The van der Waals surface area contributed by atoms with Crippen LogP contribution >= 0.6 is 23.4 Å². The van der Waals surface area contributed by atoms with E-state index in [0.29, 0.717) is 28.9 Å². The monoisotopic (exact) mass is 550 g/mol. The lowest BCUT2D eigenvalue weighted by Crippen LogP contribution is -2.56. The van der Waals surface area contributed by atoms with Gasteiger partial charge in [0.1, 0.15) is 29.1 Å². The second kappa shape index (κ2) is 8.40. The first-order valence-corrected chi connectivity index (χ1v) is 13.8. The van der Waals surface area contributed by atoms with Crippen LogP contribution in [-0.2, 0) is 11.2 Å². The lowest BCUT2D eigenvalue weighted by atomic mass is 10.1. The molecule has 3 fully saturated rings. The van der Waals surface area contributed by atoms with Crippen molar-refractivity contribution >= 4 is 62.8 Å². The molecule has 3 aromatic heterocycles. The Kier molecular flexibility index (Phi) is 5.28. The molecule has 11 nitrogen and oxygen atoms in total. The van der Waals surface area contributed by atoms with Crippen LogP contribution in [0.3, 0.4) is 0 Å². The van der Waals surface area contributed by atoms with Crippen molar-refractivity contribution in [1.82, 2.24) is 24.9 Å². The van der Waals surface area contributed by atoms with Gasteiger partial charge in [-0.05, 0) is 36.4 Å². The highest BCUT2D eigenvalue weighted by Crippen LogP contribution is 2.54. The van der Waals surface area contributed by atoms with Crippen LogP contribution in [0.15, 0.2) is 34.6 Å². The first-order chi connectivity index (χ1) is 18.3. The Bertz CT molecular complexity index is 1610. The van der Waals surface area contributed by atoms with Gasteiger partial charge in [-0.15, -0.1) is 0 Å². The van der Waals surface area contributed by atoms with Gasteiger partial charge in [0.05, 0.1) is 15.9 Å². The maximum Gasteiger partial charge on any atom is 0.238 e. The van der Waals surface area contributed by atoms with E-state index in [2.05, 4.69) is 24.8 Å². The molecule has 38 heavy (non-hydrogen) atoms. The molecular weight excluding hydrogens is 524 g/mol. The van der Waals surface area contributed by atoms with Gasteiger partial charge in [-0.25, -0.2) is 19.9 Å². The molecule has 2 aliphatic heterocycles. The number of nitrogens with two attached hydrogens (primary N) is 3. The third kappa shape index (κ3) is 3.47. The largest absolute Gasteiger partial charge is 0.368 e. The van der Waals surface area contributed by atoms with E-state index in [-0.39, 0.29) is 17.9 Å². The van der Waals surface area contributed by atoms with Gasteiger partial charge in [-0.3, -0.25) is 4.79 Å². The van der Waals surface area contributed by atoms with Crippen molar-refractivity contribution in [3.63, 3.8) is 0 Å². The fraction of sp³-hybridized carbons (Fsp3) is 0.400. The molecule has 0 radical (unpaired) electrons. The molecule has 3 atom stereocenters. The lowest BCUT2D eigenvalue weighted by Gasteiger charge is -2.38. The number of hydrogen-bond acceptors (Lipinski definition) is 10. The van der Waals surface area contributed by atoms with Gasteiger partial charge in [0.2, 0.25) is 5.91 Å². The molecule has 0 spiro atoms. The molecule has 2 saturated heterocycles. The number of carbonyl (C=O) groups is 1. The summed E-state index contributed by atoms with van der Waals surface area (Å²) in [6.45, 7) is 4.82. The highest BCUT2D eigenvalue weighted by Gasteiger charge is 2.70. The van der Waals surface area contributed by atoms with E-state index in [1.165, 1.54) is 11.8 Å². The Morgan fingerprint density at radius 1 is 1.16 bits per heavy atom. The van der Waals surface area contributed by atoms with Crippen LogP contribution in [-0.4, -0.2) is 68.6 Å². The number of hydrogen-bond donors (Lipinski definition) is 4. The fourth-order valence-electron chi connectivity index (χ4n) is 5.92. The topological polar surface area (TPSA) is 169 Å². The summed E-state index contributed by atoms with van der Waals surface area (Å²) >= 11 is 8.23. The second-order valence-corrected chi connectivity index (χ2v) is 11.8. The average Bonchev–Trinajstić information content (AvgIpc) is 3.18. The van der Waals surface area contributed by atoms with Crippen LogP contribution in [0.5, 0.6) is 0 Å². The number of amides is 1. The van der Waals surface area contributed by atoms with E-state index in [0.717, 1.165) is 58.0 Å². The Labute approximate surface area is 227 Å². The first kappa shape index (κ1) is 23.9. The Morgan fingerprint density at radius 2 is 1.89 bits per heavy atom. The van der Waals surface area contributed by atoms with Crippen LogP contribution in [0.25, 0.3) is 21.9 Å². The molecule has 3 aliphatic rings. The van der Waals surface area contributed by atoms with Crippen molar-refractivity contribution in [1.29, 1.82) is 0 Å². The fourth-order valence-corrected chi connectivity index (χ4v) is 7.07. The summed E-state index contributed by atoms with van der Waals surface area (Å²) in [7, 11) is 0. The standard InChI is InChI=1S/C25H27ClN10OS/c1-2-16-19(26)18-20(32-16)33-24(34-22(18)36-8-14-15(9-36)25(14,29)23(28)37)38-12-3-4-13-17(5-12)30-10-31-21(13)35-6-11(27)7-35/h3-5,10-11,14-15H,2,6-9,27,29H2,1H3,(H2,28,37)(H,32,33,34)/t14-,15+,25?. The molecule has 1 aliphatic carbocycles. The highest BCUT2D eigenvalue weighted by atomic mass is 35.5. The van der Waals surface area contributed by atoms with Crippen LogP contribution in [0.2, 0.25) is 5.02 Å². The van der Waals surface area contributed by atoms with Gasteiger partial charge in [0, 0.05) is 60.0 Å². The molecule has 13 heteroatoms. The summed E-state index contributed by atoms with van der Waals surface area (Å²) in [5, 5.41) is 2.99. The number of anilines is 2. The van der Waals surface area contributed by atoms with Crippen molar-refractivity contribution in [3.8, 4) is 0 Å². The number of nitrogens with one attached hydrogen (secondary N) is 1. The van der Waals surface area contributed by atoms with Gasteiger partial charge >= 0.3 is 0 Å². The molecule has 1 unspecified atom stereocenters. The van der Waals surface area contributed by atoms with E-state index in [1.807, 2.05) is 25.1 Å². The molecule has 5 heterocycles. The summed E-state index contributed by atoms with van der Waals surface area (Å²) in [6, 6.07) is 6.28. The van der Waals surface area contributed by atoms with Crippen molar-refractivity contribution in [2.45, 2.75) is 35.0 Å². The van der Waals surface area contributed by atoms with Crippen molar-refractivity contribution < 1.29 is 4.79 Å². The summed E-state index contributed by atoms with van der Waals surface area (Å²) in [6.07, 6.45) is 2.33. The van der Waals surface area contributed by atoms with E-state index in [4.69, 9.17) is 38.8 Å². The van der Waals surface area contributed by atoms with Crippen LogP contribution in [0.1, 0.15) is 12.6 Å². The van der Waals surface area contributed by atoms with Crippen LogP contribution in [0.4, 0.5) is 11.6 Å². The summed E-state index contributed by atoms with van der Waals surface area (Å²) in [4.78, 5) is 39.3. The second-order valence-electron chi connectivity index (χ2n) is 10.4. The normalized spacial score (nSPS) is 24.7. The number of halogens is 1. The van der Waals surface area contributed by atoms with Gasteiger partial charge in [0.15, 0.2) is 5.16 Å². The van der Waals surface area contributed by atoms with Gasteiger partial charge in [-0.2, -0.15) is 0 Å². The summed E-state index contributed by atoms with van der Waals surface area (Å²) in [5.41, 5.74) is 19.4. The van der Waals surface area contributed by atoms with Crippen molar-refractivity contribution in [2.24, 2.45) is 29.0 Å². The Hall–Kier alpha value is -3.19.